The first-order valence-corrected chi connectivity index (χ1v) is 14.4. The normalized spacial score (nSPS) is 13.4. The van der Waals surface area contributed by atoms with E-state index < -0.39 is 28.5 Å². The van der Waals surface area contributed by atoms with Gasteiger partial charge in [-0.25, -0.2) is 8.42 Å². The molecule has 3 rings (SSSR count). The highest BCUT2D eigenvalue weighted by molar-refractivity contribution is 7.92. The molecule has 0 radical (unpaired) electrons. The molecule has 2 aromatic carbocycles. The Hall–Kier alpha value is -3.47. The molecule has 1 N–H and O–H groups in total. The Morgan fingerprint density at radius 3 is 2.32 bits per heavy atom. The third-order valence-electron chi connectivity index (χ3n) is 6.24. The Kier molecular flexibility index (Phi) is 10.2. The van der Waals surface area contributed by atoms with Crippen LogP contribution < -0.4 is 23.8 Å². The van der Waals surface area contributed by atoms with Crippen molar-refractivity contribution >= 4 is 27.5 Å². The monoisotopic (exact) mass is 547 g/mol. The number of nitrogens with one attached hydrogen (secondary N) is 1. The first-order chi connectivity index (χ1) is 18.2. The van der Waals surface area contributed by atoms with Crippen LogP contribution in [0, 0.1) is 0 Å². The molecule has 0 aliphatic carbocycles. The van der Waals surface area contributed by atoms with Gasteiger partial charge in [0.25, 0.3) is 0 Å². The molecule has 0 bridgehead atoms. The van der Waals surface area contributed by atoms with Crippen molar-refractivity contribution in [1.29, 1.82) is 0 Å². The van der Waals surface area contributed by atoms with E-state index in [0.717, 1.165) is 16.3 Å². The number of sulfonamides is 1. The van der Waals surface area contributed by atoms with E-state index >= 15 is 0 Å². The molecule has 2 amide bonds. The number of fused-ring (bicyclic) bond motifs is 1. The summed E-state index contributed by atoms with van der Waals surface area (Å²) in [6, 6.07) is 11.2. The molecule has 0 saturated carbocycles. The summed E-state index contributed by atoms with van der Waals surface area (Å²) >= 11 is 0. The summed E-state index contributed by atoms with van der Waals surface area (Å²) in [5, 5.41) is 2.87. The summed E-state index contributed by atoms with van der Waals surface area (Å²) < 4.78 is 43.8. The quantitative estimate of drug-likeness (QED) is 0.410. The van der Waals surface area contributed by atoms with Gasteiger partial charge in [-0.15, -0.1) is 0 Å². The highest BCUT2D eigenvalue weighted by atomic mass is 32.2. The van der Waals surface area contributed by atoms with Gasteiger partial charge in [-0.3, -0.25) is 13.9 Å². The number of methoxy groups -OCH3 is 1. The minimum Gasteiger partial charge on any atom is -0.497 e. The minimum absolute atomic E-state index is 0.127. The molecule has 0 unspecified atom stereocenters. The molecule has 11 heteroatoms. The smallest absolute Gasteiger partial charge is 0.244 e. The molecule has 38 heavy (non-hydrogen) atoms. The topological polar surface area (TPSA) is 114 Å². The molecule has 1 aliphatic rings. The second kappa shape index (κ2) is 13.4. The van der Waals surface area contributed by atoms with Gasteiger partial charge in [0, 0.05) is 19.2 Å². The van der Waals surface area contributed by atoms with E-state index in [2.05, 4.69) is 5.32 Å². The molecule has 0 spiro atoms. The van der Waals surface area contributed by atoms with Crippen molar-refractivity contribution in [2.24, 2.45) is 0 Å². The van der Waals surface area contributed by atoms with Gasteiger partial charge in [-0.05, 0) is 49.6 Å². The Labute approximate surface area is 224 Å². The molecule has 1 atom stereocenters. The van der Waals surface area contributed by atoms with Crippen molar-refractivity contribution in [3.8, 4) is 17.2 Å². The third kappa shape index (κ3) is 7.09. The van der Waals surface area contributed by atoms with Gasteiger partial charge in [0.15, 0.2) is 11.5 Å². The highest BCUT2D eigenvalue weighted by Gasteiger charge is 2.32. The van der Waals surface area contributed by atoms with Crippen LogP contribution in [0.15, 0.2) is 42.5 Å². The Bertz CT molecular complexity index is 1200. The lowest BCUT2D eigenvalue weighted by Gasteiger charge is -2.33. The molecule has 2 aromatic rings. The van der Waals surface area contributed by atoms with Gasteiger partial charge in [-0.2, -0.15) is 0 Å². The van der Waals surface area contributed by atoms with Crippen LogP contribution in [0.3, 0.4) is 0 Å². The van der Waals surface area contributed by atoms with Gasteiger partial charge in [0.05, 0.1) is 18.6 Å². The van der Waals surface area contributed by atoms with Crippen molar-refractivity contribution in [3.05, 3.63) is 48.0 Å². The van der Waals surface area contributed by atoms with Crippen molar-refractivity contribution in [3.63, 3.8) is 0 Å². The van der Waals surface area contributed by atoms with Gasteiger partial charge >= 0.3 is 0 Å². The Balaban J connectivity index is 1.96. The number of ether oxygens (including phenoxy) is 3. The molecular weight excluding hydrogens is 510 g/mol. The average molecular weight is 548 g/mol. The van der Waals surface area contributed by atoms with E-state index in [1.165, 1.54) is 11.8 Å². The maximum Gasteiger partial charge on any atom is 0.244 e. The maximum atomic E-state index is 13.8. The first kappa shape index (κ1) is 29.1. The molecule has 1 aliphatic heterocycles. The summed E-state index contributed by atoms with van der Waals surface area (Å²) in [6.45, 7) is 6.18. The molecule has 10 nitrogen and oxygen atoms in total. The number of rotatable bonds is 13. The van der Waals surface area contributed by atoms with Crippen LogP contribution in [0.4, 0.5) is 5.69 Å². The minimum atomic E-state index is -3.84. The number of benzene rings is 2. The van der Waals surface area contributed by atoms with Crippen LogP contribution in [-0.2, 0) is 26.2 Å². The molecular formula is C27H37N3O7S. The number of carbonyl (C=O) groups is 2. The van der Waals surface area contributed by atoms with E-state index in [4.69, 9.17) is 14.2 Å². The van der Waals surface area contributed by atoms with Crippen LogP contribution in [0.2, 0.25) is 0 Å². The number of hydrogen-bond acceptors (Lipinski definition) is 7. The van der Waals surface area contributed by atoms with Crippen molar-refractivity contribution < 1.29 is 32.2 Å². The van der Waals surface area contributed by atoms with Crippen LogP contribution >= 0.6 is 0 Å². The van der Waals surface area contributed by atoms with Crippen molar-refractivity contribution in [2.45, 2.75) is 46.2 Å². The molecule has 208 valence electrons. The largest absolute Gasteiger partial charge is 0.497 e. The van der Waals surface area contributed by atoms with E-state index in [-0.39, 0.29) is 23.9 Å². The third-order valence-corrected chi connectivity index (χ3v) is 7.98. The standard InChI is InChI=1S/C27H37N3O7S/c1-5-14-28-27(32)23(6-2)29(18-20-8-11-22(35-4)12-9-20)26(31)19-30(38(33,34)7-3)21-10-13-24-25(17-21)37-16-15-36-24/h8-13,17,23H,5-7,14-16,18-19H2,1-4H3,(H,28,32)/t23-/m1/s1. The summed E-state index contributed by atoms with van der Waals surface area (Å²) in [4.78, 5) is 28.3. The highest BCUT2D eigenvalue weighted by Crippen LogP contribution is 2.35. The van der Waals surface area contributed by atoms with Crippen LogP contribution in [0.1, 0.15) is 39.2 Å². The van der Waals surface area contributed by atoms with Crippen LogP contribution in [0.5, 0.6) is 17.2 Å². The fourth-order valence-electron chi connectivity index (χ4n) is 4.12. The molecule has 0 aromatic heterocycles. The second-order valence-electron chi connectivity index (χ2n) is 8.82. The van der Waals surface area contributed by atoms with Gasteiger partial charge < -0.3 is 24.4 Å². The first-order valence-electron chi connectivity index (χ1n) is 12.8. The van der Waals surface area contributed by atoms with Crippen molar-refractivity contribution in [1.82, 2.24) is 10.2 Å². The van der Waals surface area contributed by atoms with Crippen molar-refractivity contribution in [2.75, 3.05) is 43.5 Å². The summed E-state index contributed by atoms with van der Waals surface area (Å²) in [7, 11) is -2.28. The SMILES string of the molecule is CCCNC(=O)[C@@H](CC)N(Cc1ccc(OC)cc1)C(=O)CN(c1ccc2c(c1)OCCO2)S(=O)(=O)CC. The molecule has 1 heterocycles. The molecule has 0 saturated heterocycles. The lowest BCUT2D eigenvalue weighted by molar-refractivity contribution is -0.140. The fourth-order valence-corrected chi connectivity index (χ4v) is 5.17. The fraction of sp³-hybridized carbons (Fsp3) is 0.481. The maximum absolute atomic E-state index is 13.8. The van der Waals surface area contributed by atoms with Crippen LogP contribution in [0.25, 0.3) is 0 Å². The summed E-state index contributed by atoms with van der Waals surface area (Å²) in [5.41, 5.74) is 1.07. The lowest BCUT2D eigenvalue weighted by Crippen LogP contribution is -2.52. The Morgan fingerprint density at radius 2 is 1.71 bits per heavy atom. The Morgan fingerprint density at radius 1 is 1.03 bits per heavy atom. The summed E-state index contributed by atoms with van der Waals surface area (Å²) in [5.74, 6) is 0.615. The zero-order valence-corrected chi connectivity index (χ0v) is 23.3. The second-order valence-corrected chi connectivity index (χ2v) is 11.0. The number of amides is 2. The van der Waals surface area contributed by atoms with E-state index in [1.54, 1.807) is 37.4 Å². The average Bonchev–Trinajstić information content (AvgIpc) is 2.94. The number of nitrogens with zero attached hydrogens (tertiary/aromatic N) is 2. The van der Waals surface area contributed by atoms with Crippen LogP contribution in [-0.4, -0.2) is 70.3 Å². The summed E-state index contributed by atoms with van der Waals surface area (Å²) in [6.07, 6.45) is 1.11. The van der Waals surface area contributed by atoms with E-state index in [0.29, 0.717) is 43.4 Å². The lowest BCUT2D eigenvalue weighted by atomic mass is 10.1. The van der Waals surface area contributed by atoms with Gasteiger partial charge in [0.2, 0.25) is 21.8 Å². The number of anilines is 1. The predicted octanol–water partition coefficient (Wildman–Crippen LogP) is 2.96. The molecule has 0 fully saturated rings. The van der Waals surface area contributed by atoms with Gasteiger partial charge in [0.1, 0.15) is 31.5 Å². The number of hydrogen-bond donors (Lipinski definition) is 1. The zero-order chi connectivity index (χ0) is 27.7. The number of carbonyl (C=O) groups excluding carboxylic acids is 2. The predicted molar refractivity (Wildman–Crippen MR) is 145 cm³/mol. The zero-order valence-electron chi connectivity index (χ0n) is 22.4. The van der Waals surface area contributed by atoms with Gasteiger partial charge in [-0.1, -0.05) is 26.0 Å². The van der Waals surface area contributed by atoms with E-state index in [9.17, 15) is 18.0 Å². The van der Waals surface area contributed by atoms with E-state index in [1.807, 2.05) is 26.0 Å².